The fourth-order valence-corrected chi connectivity index (χ4v) is 4.09. The number of rotatable bonds is 10. The number of benzene rings is 3. The number of nitrogens with zero attached hydrogens (tertiary/aromatic N) is 3. The molecule has 184 valence electrons. The molecule has 6 nitrogen and oxygen atoms in total. The van der Waals surface area contributed by atoms with E-state index in [0.717, 1.165) is 28.9 Å². The van der Waals surface area contributed by atoms with Gasteiger partial charge in [-0.1, -0.05) is 60.7 Å². The van der Waals surface area contributed by atoms with Crippen LogP contribution in [0.3, 0.4) is 0 Å². The summed E-state index contributed by atoms with van der Waals surface area (Å²) in [6, 6.07) is 29.9. The van der Waals surface area contributed by atoms with Crippen LogP contribution in [0.5, 0.6) is 5.75 Å². The molecule has 0 aliphatic heterocycles. The number of carbonyl (C=O) groups excluding carboxylic acids is 1. The minimum Gasteiger partial charge on any atom is -0.494 e. The summed E-state index contributed by atoms with van der Waals surface area (Å²) in [5.41, 5.74) is 3.35. The number of amides is 1. The van der Waals surface area contributed by atoms with Crippen LogP contribution >= 0.6 is 0 Å². The summed E-state index contributed by atoms with van der Waals surface area (Å²) in [6.07, 6.45) is 0.723. The normalized spacial score (nSPS) is 11.6. The molecule has 1 aromatic heterocycles. The van der Waals surface area contributed by atoms with Gasteiger partial charge in [-0.3, -0.25) is 9.59 Å². The van der Waals surface area contributed by atoms with Gasteiger partial charge in [-0.25, -0.2) is 4.68 Å². The summed E-state index contributed by atoms with van der Waals surface area (Å²) in [5, 5.41) is 4.56. The van der Waals surface area contributed by atoms with E-state index in [4.69, 9.17) is 4.74 Å². The van der Waals surface area contributed by atoms with Crippen LogP contribution in [0.25, 0.3) is 11.3 Å². The first-order valence-electron chi connectivity index (χ1n) is 12.2. The summed E-state index contributed by atoms with van der Waals surface area (Å²) in [5.74, 6) is 0.626. The minimum atomic E-state index is -0.750. The zero-order chi connectivity index (χ0) is 25.3. The van der Waals surface area contributed by atoms with Crippen molar-refractivity contribution in [2.75, 3.05) is 13.2 Å². The first-order valence-corrected chi connectivity index (χ1v) is 12.2. The molecule has 36 heavy (non-hydrogen) atoms. The Bertz CT molecular complexity index is 1320. The maximum Gasteiger partial charge on any atom is 0.267 e. The Morgan fingerprint density at radius 2 is 1.53 bits per heavy atom. The molecule has 0 aliphatic carbocycles. The Balaban J connectivity index is 1.58. The van der Waals surface area contributed by atoms with Crippen LogP contribution in [0.15, 0.2) is 102 Å². The average molecular weight is 482 g/mol. The van der Waals surface area contributed by atoms with Crippen molar-refractivity contribution in [2.24, 2.45) is 0 Å². The van der Waals surface area contributed by atoms with Crippen molar-refractivity contribution in [1.82, 2.24) is 14.7 Å². The molecule has 0 fully saturated rings. The molecule has 0 saturated heterocycles. The van der Waals surface area contributed by atoms with Gasteiger partial charge in [0.2, 0.25) is 5.91 Å². The number of hydrogen-bond acceptors (Lipinski definition) is 4. The first kappa shape index (κ1) is 24.9. The highest BCUT2D eigenvalue weighted by atomic mass is 16.5. The molecule has 0 N–H and O–H groups in total. The quantitative estimate of drug-likeness (QED) is 0.315. The van der Waals surface area contributed by atoms with Gasteiger partial charge in [0.05, 0.1) is 12.3 Å². The molecular weight excluding hydrogens is 450 g/mol. The van der Waals surface area contributed by atoms with Gasteiger partial charge in [0, 0.05) is 24.7 Å². The van der Waals surface area contributed by atoms with Crippen LogP contribution < -0.4 is 10.3 Å². The summed E-state index contributed by atoms with van der Waals surface area (Å²) < 4.78 is 6.80. The van der Waals surface area contributed by atoms with E-state index in [0.29, 0.717) is 25.4 Å². The maximum absolute atomic E-state index is 13.7. The highest BCUT2D eigenvalue weighted by molar-refractivity contribution is 5.80. The molecule has 4 rings (SSSR count). The fourth-order valence-electron chi connectivity index (χ4n) is 4.09. The lowest BCUT2D eigenvalue weighted by Gasteiger charge is -2.26. The van der Waals surface area contributed by atoms with Crippen molar-refractivity contribution in [3.05, 3.63) is 119 Å². The van der Waals surface area contributed by atoms with Crippen LogP contribution in [0, 0.1) is 0 Å². The molecule has 0 aliphatic rings. The van der Waals surface area contributed by atoms with E-state index in [1.807, 2.05) is 84.6 Å². The SMILES string of the molecule is CCOc1ccc(-c2ccc(=O)n(C(C)C(=O)N(CCc3ccccc3)Cc3ccccc3)n2)cc1. The van der Waals surface area contributed by atoms with Gasteiger partial charge in [-0.15, -0.1) is 0 Å². The van der Waals surface area contributed by atoms with Gasteiger partial charge in [0.15, 0.2) is 0 Å². The minimum absolute atomic E-state index is 0.145. The highest BCUT2D eigenvalue weighted by Gasteiger charge is 2.24. The molecule has 0 bridgehead atoms. The topological polar surface area (TPSA) is 64.4 Å². The van der Waals surface area contributed by atoms with E-state index in [1.165, 1.54) is 10.7 Å². The molecular formula is C30H31N3O3. The second kappa shape index (κ2) is 12.0. The Kier molecular flexibility index (Phi) is 8.29. The van der Waals surface area contributed by atoms with Gasteiger partial charge in [-0.2, -0.15) is 5.10 Å². The lowest BCUT2D eigenvalue weighted by molar-refractivity contribution is -0.135. The molecule has 0 saturated carbocycles. The lowest BCUT2D eigenvalue weighted by Crippen LogP contribution is -2.40. The molecule has 1 atom stereocenters. The lowest BCUT2D eigenvalue weighted by atomic mass is 10.1. The molecule has 1 unspecified atom stereocenters. The summed E-state index contributed by atoms with van der Waals surface area (Å²) >= 11 is 0. The number of aromatic nitrogens is 2. The van der Waals surface area contributed by atoms with E-state index in [2.05, 4.69) is 17.2 Å². The fraction of sp³-hybridized carbons (Fsp3) is 0.233. The standard InChI is InChI=1S/C30H31N3O3/c1-3-36-27-16-14-26(15-17-27)28-18-19-29(34)33(31-28)23(2)30(35)32(22-25-12-8-5-9-13-25)21-20-24-10-6-4-7-11-24/h4-19,23H,3,20-22H2,1-2H3. The van der Waals surface area contributed by atoms with Gasteiger partial charge >= 0.3 is 0 Å². The van der Waals surface area contributed by atoms with Gasteiger partial charge in [0.1, 0.15) is 11.8 Å². The van der Waals surface area contributed by atoms with Gasteiger partial charge < -0.3 is 9.64 Å². The molecule has 1 amide bonds. The van der Waals surface area contributed by atoms with Gasteiger partial charge in [0.25, 0.3) is 5.56 Å². The second-order valence-electron chi connectivity index (χ2n) is 8.62. The summed E-state index contributed by atoms with van der Waals surface area (Å²) in [6.45, 7) is 5.26. The largest absolute Gasteiger partial charge is 0.494 e. The molecule has 0 spiro atoms. The van der Waals surface area contributed by atoms with Crippen molar-refractivity contribution < 1.29 is 9.53 Å². The molecule has 3 aromatic carbocycles. The van der Waals surface area contributed by atoms with E-state index in [-0.39, 0.29) is 11.5 Å². The van der Waals surface area contributed by atoms with E-state index >= 15 is 0 Å². The van der Waals surface area contributed by atoms with Crippen LogP contribution in [0.4, 0.5) is 0 Å². The van der Waals surface area contributed by atoms with E-state index in [1.54, 1.807) is 13.0 Å². The first-order chi connectivity index (χ1) is 17.5. The average Bonchev–Trinajstić information content (AvgIpc) is 2.92. The van der Waals surface area contributed by atoms with Crippen LogP contribution in [-0.4, -0.2) is 33.7 Å². The number of hydrogen-bond donors (Lipinski definition) is 0. The van der Waals surface area contributed by atoms with E-state index in [9.17, 15) is 9.59 Å². The number of carbonyl (C=O) groups is 1. The third-order valence-electron chi connectivity index (χ3n) is 6.05. The predicted molar refractivity (Wildman–Crippen MR) is 142 cm³/mol. The maximum atomic E-state index is 13.7. The van der Waals surface area contributed by atoms with Crippen LogP contribution in [0.2, 0.25) is 0 Å². The monoisotopic (exact) mass is 481 g/mol. The number of ether oxygens (including phenoxy) is 1. The van der Waals surface area contributed by atoms with Crippen molar-refractivity contribution in [3.63, 3.8) is 0 Å². The smallest absolute Gasteiger partial charge is 0.267 e. The van der Waals surface area contributed by atoms with Crippen molar-refractivity contribution >= 4 is 5.91 Å². The predicted octanol–water partition coefficient (Wildman–Crippen LogP) is 5.14. The van der Waals surface area contributed by atoms with Crippen molar-refractivity contribution in [1.29, 1.82) is 0 Å². The third kappa shape index (κ3) is 6.27. The second-order valence-corrected chi connectivity index (χ2v) is 8.62. The van der Waals surface area contributed by atoms with E-state index < -0.39 is 6.04 Å². The molecule has 4 aromatic rings. The molecule has 0 radical (unpaired) electrons. The summed E-state index contributed by atoms with van der Waals surface area (Å²) in [7, 11) is 0. The van der Waals surface area contributed by atoms with Gasteiger partial charge in [-0.05, 0) is 61.7 Å². The zero-order valence-electron chi connectivity index (χ0n) is 20.7. The Morgan fingerprint density at radius 3 is 2.17 bits per heavy atom. The summed E-state index contributed by atoms with van der Waals surface area (Å²) in [4.78, 5) is 28.3. The van der Waals surface area contributed by atoms with Crippen LogP contribution in [0.1, 0.15) is 31.0 Å². The zero-order valence-corrected chi connectivity index (χ0v) is 20.7. The Labute approximate surface area is 211 Å². The third-order valence-corrected chi connectivity index (χ3v) is 6.05. The van der Waals surface area contributed by atoms with Crippen LogP contribution in [-0.2, 0) is 17.8 Å². The van der Waals surface area contributed by atoms with Crippen molar-refractivity contribution in [2.45, 2.75) is 32.9 Å². The Hall–Kier alpha value is -4.19. The highest BCUT2D eigenvalue weighted by Crippen LogP contribution is 2.21. The Morgan fingerprint density at radius 1 is 0.889 bits per heavy atom. The molecule has 6 heteroatoms. The molecule has 1 heterocycles. The van der Waals surface area contributed by atoms with Crippen molar-refractivity contribution in [3.8, 4) is 17.0 Å².